The first kappa shape index (κ1) is 16.7. The van der Waals surface area contributed by atoms with Gasteiger partial charge in [0.05, 0.1) is 18.1 Å². The van der Waals surface area contributed by atoms with Gasteiger partial charge in [0.25, 0.3) is 0 Å². The van der Waals surface area contributed by atoms with Crippen molar-refractivity contribution >= 4 is 22.8 Å². The molecule has 1 unspecified atom stereocenters. The van der Waals surface area contributed by atoms with Crippen LogP contribution in [0.15, 0.2) is 24.3 Å². The second-order valence-corrected chi connectivity index (χ2v) is 5.13. The lowest BCUT2D eigenvalue weighted by atomic mass is 9.95. The van der Waals surface area contributed by atoms with Crippen LogP contribution in [0.1, 0.15) is 61.4 Å². The minimum absolute atomic E-state index is 0.299. The van der Waals surface area contributed by atoms with Crippen molar-refractivity contribution < 1.29 is 14.3 Å². The number of hydrogen-bond acceptors (Lipinski definition) is 3. The van der Waals surface area contributed by atoms with Crippen molar-refractivity contribution in [3.05, 3.63) is 35.4 Å². The summed E-state index contributed by atoms with van der Waals surface area (Å²) in [7, 11) is 0. The first-order chi connectivity index (χ1) is 9.60. The highest BCUT2D eigenvalue weighted by Crippen LogP contribution is 2.24. The molecule has 4 heteroatoms. The lowest BCUT2D eigenvalue weighted by Crippen LogP contribution is -2.09. The van der Waals surface area contributed by atoms with Gasteiger partial charge in [0.1, 0.15) is 0 Å². The molecule has 0 aromatic heterocycles. The van der Waals surface area contributed by atoms with Crippen molar-refractivity contribution in [1.29, 1.82) is 0 Å². The van der Waals surface area contributed by atoms with E-state index in [1.165, 1.54) is 0 Å². The Morgan fingerprint density at radius 3 is 2.30 bits per heavy atom. The summed E-state index contributed by atoms with van der Waals surface area (Å²) in [6.45, 7) is 4.49. The molecule has 0 spiro atoms. The van der Waals surface area contributed by atoms with Crippen LogP contribution in [-0.4, -0.2) is 17.8 Å². The molecule has 0 N–H and O–H groups in total. The highest BCUT2D eigenvalue weighted by Gasteiger charge is 2.18. The number of unbranched alkanes of at least 4 members (excludes halogenated alkanes) is 1. The zero-order valence-electron chi connectivity index (χ0n) is 12.0. The predicted molar refractivity (Wildman–Crippen MR) is 80.1 cm³/mol. The largest absolute Gasteiger partial charge is 0.462 e. The number of hydrogen-bond donors (Lipinski definition) is 0. The standard InChI is InChI=1S/C16H21ClO3/c1-3-5-11-20-16(19)13-9-7-12(8-10-13)14(6-4-2)15(17)18/h7-10,14H,3-6,11H2,1-2H3. The number of halogens is 1. The topological polar surface area (TPSA) is 43.4 Å². The van der Waals surface area contributed by atoms with Crippen LogP contribution in [0.25, 0.3) is 0 Å². The maximum atomic E-state index is 11.7. The zero-order valence-corrected chi connectivity index (χ0v) is 12.8. The molecule has 20 heavy (non-hydrogen) atoms. The molecule has 3 nitrogen and oxygen atoms in total. The third-order valence-corrected chi connectivity index (χ3v) is 3.39. The molecule has 0 radical (unpaired) electrons. The number of benzene rings is 1. The average Bonchev–Trinajstić information content (AvgIpc) is 2.45. The Bertz CT molecular complexity index is 440. The van der Waals surface area contributed by atoms with Gasteiger partial charge < -0.3 is 4.74 Å². The molecule has 1 aromatic carbocycles. The van der Waals surface area contributed by atoms with Gasteiger partial charge in [0.2, 0.25) is 5.24 Å². The van der Waals surface area contributed by atoms with E-state index in [9.17, 15) is 9.59 Å². The second-order valence-electron chi connectivity index (χ2n) is 4.76. The Hall–Kier alpha value is -1.35. The molecule has 0 amide bonds. The van der Waals surface area contributed by atoms with Crippen LogP contribution in [0.5, 0.6) is 0 Å². The summed E-state index contributed by atoms with van der Waals surface area (Å²) >= 11 is 5.61. The van der Waals surface area contributed by atoms with Gasteiger partial charge in [-0.2, -0.15) is 0 Å². The number of carbonyl (C=O) groups is 2. The minimum Gasteiger partial charge on any atom is -0.462 e. The lowest BCUT2D eigenvalue weighted by Gasteiger charge is -2.12. The highest BCUT2D eigenvalue weighted by atomic mass is 35.5. The fraction of sp³-hybridized carbons (Fsp3) is 0.500. The quantitative estimate of drug-likeness (QED) is 0.408. The molecule has 0 heterocycles. The van der Waals surface area contributed by atoms with Crippen molar-refractivity contribution in [1.82, 2.24) is 0 Å². The van der Waals surface area contributed by atoms with Crippen molar-refractivity contribution in [2.24, 2.45) is 0 Å². The first-order valence-electron chi connectivity index (χ1n) is 7.06. The van der Waals surface area contributed by atoms with Gasteiger partial charge in [-0.1, -0.05) is 38.8 Å². The maximum Gasteiger partial charge on any atom is 0.338 e. The summed E-state index contributed by atoms with van der Waals surface area (Å²) in [4.78, 5) is 23.1. The summed E-state index contributed by atoms with van der Waals surface area (Å²) in [6.07, 6.45) is 3.44. The Balaban J connectivity index is 2.72. The van der Waals surface area contributed by atoms with E-state index in [1.54, 1.807) is 24.3 Å². The SMILES string of the molecule is CCCCOC(=O)c1ccc(C(CCC)C(=O)Cl)cc1. The Kier molecular flexibility index (Phi) is 7.31. The number of carbonyl (C=O) groups excluding carboxylic acids is 2. The summed E-state index contributed by atoms with van der Waals surface area (Å²) in [6, 6.07) is 6.92. The van der Waals surface area contributed by atoms with Crippen LogP contribution in [0.3, 0.4) is 0 Å². The van der Waals surface area contributed by atoms with Crippen LogP contribution in [0, 0.1) is 0 Å². The van der Waals surface area contributed by atoms with Gasteiger partial charge >= 0.3 is 5.97 Å². The lowest BCUT2D eigenvalue weighted by molar-refractivity contribution is -0.113. The normalized spacial score (nSPS) is 11.9. The fourth-order valence-corrected chi connectivity index (χ4v) is 2.18. The summed E-state index contributed by atoms with van der Waals surface area (Å²) in [5, 5.41) is -0.356. The molecule has 110 valence electrons. The molecule has 1 atom stereocenters. The van der Waals surface area contributed by atoms with Crippen LogP contribution in [0.2, 0.25) is 0 Å². The van der Waals surface area contributed by atoms with Gasteiger partial charge in [-0.05, 0) is 42.1 Å². The first-order valence-corrected chi connectivity index (χ1v) is 7.44. The van der Waals surface area contributed by atoms with Gasteiger partial charge in [0, 0.05) is 0 Å². The van der Waals surface area contributed by atoms with Gasteiger partial charge in [0.15, 0.2) is 0 Å². The van der Waals surface area contributed by atoms with Crippen molar-refractivity contribution in [2.75, 3.05) is 6.61 Å². The number of esters is 1. The van der Waals surface area contributed by atoms with Crippen LogP contribution < -0.4 is 0 Å². The van der Waals surface area contributed by atoms with Crippen LogP contribution in [0.4, 0.5) is 0 Å². The molecule has 1 aromatic rings. The van der Waals surface area contributed by atoms with Crippen molar-refractivity contribution in [3.8, 4) is 0 Å². The molecular formula is C16H21ClO3. The van der Waals surface area contributed by atoms with E-state index in [-0.39, 0.29) is 17.1 Å². The van der Waals surface area contributed by atoms with Crippen LogP contribution >= 0.6 is 11.6 Å². The zero-order chi connectivity index (χ0) is 15.0. The summed E-state index contributed by atoms with van der Waals surface area (Å²) < 4.78 is 5.13. The third kappa shape index (κ3) is 4.97. The summed E-state index contributed by atoms with van der Waals surface area (Å²) in [5.74, 6) is -0.624. The molecule has 0 aliphatic carbocycles. The van der Waals surface area contributed by atoms with Gasteiger partial charge in [-0.25, -0.2) is 4.79 Å². The van der Waals surface area contributed by atoms with Gasteiger partial charge in [-0.3, -0.25) is 4.79 Å². The fourth-order valence-electron chi connectivity index (χ4n) is 1.94. The van der Waals surface area contributed by atoms with E-state index in [2.05, 4.69) is 0 Å². The maximum absolute atomic E-state index is 11.7. The number of rotatable bonds is 8. The minimum atomic E-state index is -0.356. The van der Waals surface area contributed by atoms with E-state index in [4.69, 9.17) is 16.3 Å². The van der Waals surface area contributed by atoms with E-state index >= 15 is 0 Å². The second kappa shape index (κ2) is 8.75. The van der Waals surface area contributed by atoms with E-state index < -0.39 is 0 Å². The molecule has 0 bridgehead atoms. The predicted octanol–water partition coefficient (Wildman–Crippen LogP) is 4.29. The van der Waals surface area contributed by atoms with Crippen molar-refractivity contribution in [2.45, 2.75) is 45.4 Å². The molecular weight excluding hydrogens is 276 g/mol. The van der Waals surface area contributed by atoms with E-state index in [0.29, 0.717) is 18.6 Å². The molecule has 0 aliphatic rings. The van der Waals surface area contributed by atoms with E-state index in [0.717, 1.165) is 24.8 Å². The van der Waals surface area contributed by atoms with Crippen molar-refractivity contribution in [3.63, 3.8) is 0 Å². The summed E-state index contributed by atoms with van der Waals surface area (Å²) in [5.41, 5.74) is 1.35. The molecule has 0 fully saturated rings. The Morgan fingerprint density at radius 2 is 1.80 bits per heavy atom. The highest BCUT2D eigenvalue weighted by molar-refractivity contribution is 6.64. The molecule has 0 saturated heterocycles. The third-order valence-electron chi connectivity index (χ3n) is 3.13. The van der Waals surface area contributed by atoms with E-state index in [1.807, 2.05) is 13.8 Å². The molecule has 0 aliphatic heterocycles. The molecule has 0 saturated carbocycles. The molecule has 1 rings (SSSR count). The van der Waals surface area contributed by atoms with Crippen LogP contribution in [-0.2, 0) is 9.53 Å². The average molecular weight is 297 g/mol. The Labute approximate surface area is 125 Å². The smallest absolute Gasteiger partial charge is 0.338 e. The Morgan fingerprint density at radius 1 is 1.15 bits per heavy atom. The monoisotopic (exact) mass is 296 g/mol. The number of ether oxygens (including phenoxy) is 1. The van der Waals surface area contributed by atoms with Gasteiger partial charge in [-0.15, -0.1) is 0 Å².